The first-order chi connectivity index (χ1) is 10.1. The van der Waals surface area contributed by atoms with Crippen LogP contribution in [0.25, 0.3) is 0 Å². The Morgan fingerprint density at radius 2 is 1.71 bits per heavy atom. The number of urea groups is 1. The Morgan fingerprint density at radius 1 is 1.05 bits per heavy atom. The topological polar surface area (TPSA) is 64.1 Å². The molecule has 0 aromatic carbocycles. The van der Waals surface area contributed by atoms with Crippen molar-refractivity contribution in [3.63, 3.8) is 0 Å². The van der Waals surface area contributed by atoms with Gasteiger partial charge in [0.1, 0.15) is 6.04 Å². The van der Waals surface area contributed by atoms with Crippen molar-refractivity contribution in [3.8, 4) is 0 Å². The van der Waals surface area contributed by atoms with Crippen molar-refractivity contribution in [2.75, 3.05) is 33.2 Å². The van der Waals surface area contributed by atoms with Gasteiger partial charge in [-0.2, -0.15) is 0 Å². The average molecular weight is 295 g/mol. The van der Waals surface area contributed by atoms with Crippen molar-refractivity contribution in [1.82, 2.24) is 14.7 Å². The summed E-state index contributed by atoms with van der Waals surface area (Å²) in [4.78, 5) is 30.2. The highest BCUT2D eigenvalue weighted by atomic mass is 16.4. The molecule has 0 bridgehead atoms. The van der Waals surface area contributed by atoms with E-state index >= 15 is 0 Å². The number of piperazine rings is 1. The molecule has 118 valence electrons. The SMILES string of the molecule is CN1CCN(C(=O)N2C(C(=O)O)CC3CCCCC32)CC1. The van der Waals surface area contributed by atoms with Gasteiger partial charge in [-0.1, -0.05) is 12.8 Å². The number of likely N-dealkylation sites (N-methyl/N-ethyl adjacent to an activating group) is 1. The molecule has 0 aromatic rings. The van der Waals surface area contributed by atoms with Crippen LogP contribution in [0.2, 0.25) is 0 Å². The summed E-state index contributed by atoms with van der Waals surface area (Å²) >= 11 is 0. The molecule has 1 aliphatic carbocycles. The van der Waals surface area contributed by atoms with Crippen molar-refractivity contribution >= 4 is 12.0 Å². The molecule has 0 spiro atoms. The molecule has 1 saturated carbocycles. The van der Waals surface area contributed by atoms with Gasteiger partial charge in [-0.15, -0.1) is 0 Å². The highest BCUT2D eigenvalue weighted by Gasteiger charge is 2.48. The lowest BCUT2D eigenvalue weighted by molar-refractivity contribution is -0.141. The highest BCUT2D eigenvalue weighted by molar-refractivity contribution is 5.84. The maximum atomic E-state index is 12.8. The van der Waals surface area contributed by atoms with Crippen LogP contribution in [0, 0.1) is 5.92 Å². The second kappa shape index (κ2) is 5.83. The maximum absolute atomic E-state index is 12.8. The summed E-state index contributed by atoms with van der Waals surface area (Å²) in [6.07, 6.45) is 4.96. The van der Waals surface area contributed by atoms with Crippen molar-refractivity contribution in [2.24, 2.45) is 5.92 Å². The van der Waals surface area contributed by atoms with E-state index in [4.69, 9.17) is 0 Å². The number of rotatable bonds is 1. The Kier molecular flexibility index (Phi) is 4.06. The number of hydrogen-bond acceptors (Lipinski definition) is 3. The first-order valence-corrected chi connectivity index (χ1v) is 8.06. The minimum Gasteiger partial charge on any atom is -0.480 e. The number of aliphatic carboxylic acids is 1. The van der Waals surface area contributed by atoms with Gasteiger partial charge in [-0.25, -0.2) is 9.59 Å². The summed E-state index contributed by atoms with van der Waals surface area (Å²) < 4.78 is 0. The van der Waals surface area contributed by atoms with Crippen LogP contribution in [0.4, 0.5) is 4.79 Å². The predicted octanol–water partition coefficient (Wildman–Crippen LogP) is 1.07. The Morgan fingerprint density at radius 3 is 2.38 bits per heavy atom. The fraction of sp³-hybridized carbons (Fsp3) is 0.867. The van der Waals surface area contributed by atoms with Gasteiger partial charge >= 0.3 is 12.0 Å². The molecule has 3 atom stereocenters. The average Bonchev–Trinajstić information content (AvgIpc) is 2.87. The maximum Gasteiger partial charge on any atom is 0.326 e. The lowest BCUT2D eigenvalue weighted by Gasteiger charge is -2.39. The normalized spacial score (nSPS) is 33.9. The number of nitrogens with zero attached hydrogens (tertiary/aromatic N) is 3. The zero-order valence-corrected chi connectivity index (χ0v) is 12.7. The van der Waals surface area contributed by atoms with Crippen LogP contribution < -0.4 is 0 Å². The molecule has 6 nitrogen and oxygen atoms in total. The van der Waals surface area contributed by atoms with Gasteiger partial charge in [0, 0.05) is 32.2 Å². The number of carboxylic acids is 1. The summed E-state index contributed by atoms with van der Waals surface area (Å²) in [5, 5.41) is 9.50. The first kappa shape index (κ1) is 14.6. The van der Waals surface area contributed by atoms with Gasteiger partial charge in [0.15, 0.2) is 0 Å². The monoisotopic (exact) mass is 295 g/mol. The Labute approximate surface area is 125 Å². The van der Waals surface area contributed by atoms with Crippen LogP contribution in [-0.2, 0) is 4.79 Å². The minimum atomic E-state index is -0.841. The number of carbonyl (C=O) groups is 2. The molecule has 2 saturated heterocycles. The van der Waals surface area contributed by atoms with Crippen molar-refractivity contribution in [3.05, 3.63) is 0 Å². The molecule has 0 radical (unpaired) electrons. The van der Waals surface area contributed by atoms with Gasteiger partial charge in [-0.05, 0) is 32.2 Å². The molecular weight excluding hydrogens is 270 g/mol. The summed E-state index contributed by atoms with van der Waals surface area (Å²) in [7, 11) is 2.05. The molecule has 1 N–H and O–H groups in total. The number of carbonyl (C=O) groups excluding carboxylic acids is 1. The van der Waals surface area contributed by atoms with E-state index in [0.717, 1.165) is 32.4 Å². The molecule has 6 heteroatoms. The second-order valence-electron chi connectivity index (χ2n) is 6.68. The largest absolute Gasteiger partial charge is 0.480 e. The number of fused-ring (bicyclic) bond motifs is 1. The predicted molar refractivity (Wildman–Crippen MR) is 78.1 cm³/mol. The van der Waals surface area contributed by atoms with E-state index in [-0.39, 0.29) is 12.1 Å². The van der Waals surface area contributed by atoms with Gasteiger partial charge in [-0.3, -0.25) is 0 Å². The minimum absolute atomic E-state index is 0.0510. The van der Waals surface area contributed by atoms with Crippen molar-refractivity contribution in [2.45, 2.75) is 44.2 Å². The molecule has 2 heterocycles. The fourth-order valence-electron chi connectivity index (χ4n) is 4.12. The Hall–Kier alpha value is -1.30. The third-order valence-corrected chi connectivity index (χ3v) is 5.37. The molecule has 21 heavy (non-hydrogen) atoms. The van der Waals surface area contributed by atoms with E-state index in [1.807, 2.05) is 4.90 Å². The van der Waals surface area contributed by atoms with E-state index in [1.165, 1.54) is 6.42 Å². The molecule has 0 aromatic heterocycles. The number of amides is 2. The van der Waals surface area contributed by atoms with Crippen LogP contribution >= 0.6 is 0 Å². The fourth-order valence-corrected chi connectivity index (χ4v) is 4.12. The quantitative estimate of drug-likeness (QED) is 0.786. The Bertz CT molecular complexity index is 420. The third-order valence-electron chi connectivity index (χ3n) is 5.37. The van der Waals surface area contributed by atoms with E-state index < -0.39 is 12.0 Å². The van der Waals surface area contributed by atoms with E-state index in [2.05, 4.69) is 11.9 Å². The molecular formula is C15H25N3O3. The van der Waals surface area contributed by atoms with E-state index in [1.54, 1.807) is 4.90 Å². The van der Waals surface area contributed by atoms with Crippen LogP contribution in [0.1, 0.15) is 32.1 Å². The summed E-state index contributed by atoms with van der Waals surface area (Å²) in [5.74, 6) is -0.455. The molecule has 3 aliphatic rings. The van der Waals surface area contributed by atoms with Gasteiger partial charge in [0.05, 0.1) is 0 Å². The standard InChI is InChI=1S/C15H25N3O3/c1-16-6-8-17(9-7-16)15(21)18-12-5-3-2-4-11(12)10-13(18)14(19)20/h11-13H,2-10H2,1H3,(H,19,20). The van der Waals surface area contributed by atoms with Gasteiger partial charge in [0.25, 0.3) is 0 Å². The lowest BCUT2D eigenvalue weighted by atomic mass is 9.85. The van der Waals surface area contributed by atoms with E-state index in [9.17, 15) is 14.7 Å². The molecule has 3 unspecified atom stereocenters. The van der Waals surface area contributed by atoms with Crippen molar-refractivity contribution < 1.29 is 14.7 Å². The summed E-state index contributed by atoms with van der Waals surface area (Å²) in [6.45, 7) is 3.14. The number of hydrogen-bond donors (Lipinski definition) is 1. The van der Waals surface area contributed by atoms with Crippen LogP contribution in [0.15, 0.2) is 0 Å². The molecule has 2 amide bonds. The number of likely N-dealkylation sites (tertiary alicyclic amines) is 1. The van der Waals surface area contributed by atoms with Gasteiger partial charge < -0.3 is 19.8 Å². The smallest absolute Gasteiger partial charge is 0.326 e. The van der Waals surface area contributed by atoms with E-state index in [0.29, 0.717) is 25.4 Å². The zero-order valence-electron chi connectivity index (χ0n) is 12.7. The van der Waals surface area contributed by atoms with Crippen molar-refractivity contribution in [1.29, 1.82) is 0 Å². The molecule has 3 fully saturated rings. The van der Waals surface area contributed by atoms with Crippen LogP contribution in [-0.4, -0.2) is 77.1 Å². The van der Waals surface area contributed by atoms with Crippen LogP contribution in [0.3, 0.4) is 0 Å². The molecule has 3 rings (SSSR count). The van der Waals surface area contributed by atoms with Crippen LogP contribution in [0.5, 0.6) is 0 Å². The number of carboxylic acid groups (broad SMARTS) is 1. The summed E-state index contributed by atoms with van der Waals surface area (Å²) in [5.41, 5.74) is 0. The third kappa shape index (κ3) is 2.73. The second-order valence-corrected chi connectivity index (χ2v) is 6.68. The Balaban J connectivity index is 1.76. The first-order valence-electron chi connectivity index (χ1n) is 8.06. The summed E-state index contributed by atoms with van der Waals surface area (Å²) in [6, 6.07) is -0.526. The molecule has 2 aliphatic heterocycles. The lowest BCUT2D eigenvalue weighted by Crippen LogP contribution is -2.56. The van der Waals surface area contributed by atoms with Gasteiger partial charge in [0.2, 0.25) is 0 Å². The zero-order chi connectivity index (χ0) is 15.0. The highest BCUT2D eigenvalue weighted by Crippen LogP contribution is 2.40.